The van der Waals surface area contributed by atoms with E-state index in [-0.39, 0.29) is 0 Å². The lowest BCUT2D eigenvalue weighted by molar-refractivity contribution is 0.281. The number of hydrogen-bond donors (Lipinski definition) is 2. The first kappa shape index (κ1) is 20.4. The van der Waals surface area contributed by atoms with Gasteiger partial charge in [0.25, 0.3) is 0 Å². The highest BCUT2D eigenvalue weighted by molar-refractivity contribution is 7.89. The van der Waals surface area contributed by atoms with E-state index >= 15 is 0 Å². The van der Waals surface area contributed by atoms with Crippen molar-refractivity contribution in [1.29, 1.82) is 0 Å². The van der Waals surface area contributed by atoms with Crippen LogP contribution < -0.4 is 10.6 Å². The Balaban J connectivity index is 1.56. The number of piperidine rings is 1. The van der Waals surface area contributed by atoms with E-state index in [0.29, 0.717) is 43.0 Å². The van der Waals surface area contributed by atoms with E-state index in [1.54, 1.807) is 29.7 Å². The van der Waals surface area contributed by atoms with E-state index in [2.05, 4.69) is 22.5 Å². The predicted octanol–water partition coefficient (Wildman–Crippen LogP) is 2.57. The lowest BCUT2D eigenvalue weighted by Crippen LogP contribution is -2.39. The molecule has 0 aliphatic carbocycles. The fourth-order valence-electron chi connectivity index (χ4n) is 3.28. The summed E-state index contributed by atoms with van der Waals surface area (Å²) in [5, 5.41) is 6.38. The Bertz CT molecular complexity index is 877. The molecule has 1 saturated heterocycles. The average molecular weight is 405 g/mol. The molecule has 2 aromatic rings. The van der Waals surface area contributed by atoms with Crippen LogP contribution in [0.2, 0.25) is 0 Å². The lowest BCUT2D eigenvalue weighted by Gasteiger charge is -2.30. The summed E-state index contributed by atoms with van der Waals surface area (Å²) in [6.07, 6.45) is 3.64. The second-order valence-electron chi connectivity index (χ2n) is 7.11. The fourth-order valence-corrected chi connectivity index (χ4v) is 4.88. The average Bonchev–Trinajstić information content (AvgIpc) is 3.22. The van der Waals surface area contributed by atoms with Gasteiger partial charge >= 0.3 is 0 Å². The molecule has 152 valence electrons. The highest BCUT2D eigenvalue weighted by atomic mass is 32.2. The van der Waals surface area contributed by atoms with Crippen LogP contribution in [0.25, 0.3) is 0 Å². The minimum Gasteiger partial charge on any atom is -0.467 e. The van der Waals surface area contributed by atoms with Gasteiger partial charge in [-0.1, -0.05) is 19.1 Å². The van der Waals surface area contributed by atoms with Crippen LogP contribution in [0.3, 0.4) is 0 Å². The third-order valence-electron chi connectivity index (χ3n) is 4.87. The molecule has 8 heteroatoms. The number of sulfonamides is 1. The van der Waals surface area contributed by atoms with Crippen LogP contribution in [0.4, 0.5) is 0 Å². The molecule has 1 aliphatic heterocycles. The first-order valence-electron chi connectivity index (χ1n) is 9.55. The minimum atomic E-state index is -3.41. The standard InChI is InChI=1S/C20H28N4O3S/c1-16-5-3-11-24(15-16)28(25,26)19-9-7-17(8-10-19)13-22-20(21-2)23-14-18-6-4-12-27-18/h4,6-10,12,16H,3,5,11,13-15H2,1-2H3,(H2,21,22,23). The molecule has 1 atom stereocenters. The van der Waals surface area contributed by atoms with Crippen molar-refractivity contribution in [1.82, 2.24) is 14.9 Å². The molecule has 1 unspecified atom stereocenters. The molecule has 28 heavy (non-hydrogen) atoms. The number of guanidine groups is 1. The molecular formula is C20H28N4O3S. The monoisotopic (exact) mass is 404 g/mol. The summed E-state index contributed by atoms with van der Waals surface area (Å²) in [6, 6.07) is 10.8. The van der Waals surface area contributed by atoms with Crippen molar-refractivity contribution >= 4 is 16.0 Å². The minimum absolute atomic E-state index is 0.352. The van der Waals surface area contributed by atoms with Crippen molar-refractivity contribution in [2.75, 3.05) is 20.1 Å². The summed E-state index contributed by atoms with van der Waals surface area (Å²) in [5.74, 6) is 1.88. The van der Waals surface area contributed by atoms with E-state index in [9.17, 15) is 8.42 Å². The lowest BCUT2D eigenvalue weighted by atomic mass is 10.0. The number of benzene rings is 1. The van der Waals surface area contributed by atoms with Crippen molar-refractivity contribution in [3.63, 3.8) is 0 Å². The Morgan fingerprint density at radius 2 is 1.96 bits per heavy atom. The topological polar surface area (TPSA) is 86.9 Å². The van der Waals surface area contributed by atoms with Crippen molar-refractivity contribution in [2.24, 2.45) is 10.9 Å². The zero-order chi connectivity index (χ0) is 20.0. The van der Waals surface area contributed by atoms with Gasteiger partial charge in [-0.2, -0.15) is 4.31 Å². The SMILES string of the molecule is CN=C(NCc1ccc(S(=O)(=O)N2CCCC(C)C2)cc1)NCc1ccco1. The van der Waals surface area contributed by atoms with Gasteiger partial charge in [-0.15, -0.1) is 0 Å². The van der Waals surface area contributed by atoms with E-state index in [4.69, 9.17) is 4.42 Å². The molecule has 1 fully saturated rings. The number of furan rings is 1. The third-order valence-corrected chi connectivity index (χ3v) is 6.75. The van der Waals surface area contributed by atoms with E-state index in [1.807, 2.05) is 24.3 Å². The van der Waals surface area contributed by atoms with Gasteiger partial charge in [-0.25, -0.2) is 8.42 Å². The molecule has 1 aromatic heterocycles. The number of nitrogens with one attached hydrogen (secondary N) is 2. The van der Waals surface area contributed by atoms with Gasteiger partial charge in [0.2, 0.25) is 10.0 Å². The molecule has 1 aliphatic rings. The maximum absolute atomic E-state index is 12.8. The summed E-state index contributed by atoms with van der Waals surface area (Å²) < 4.78 is 32.5. The number of aliphatic imine (C=N–C) groups is 1. The Morgan fingerprint density at radius 3 is 2.61 bits per heavy atom. The molecular weight excluding hydrogens is 376 g/mol. The maximum Gasteiger partial charge on any atom is 0.243 e. The summed E-state index contributed by atoms with van der Waals surface area (Å²) >= 11 is 0. The van der Waals surface area contributed by atoms with Gasteiger partial charge in [0.05, 0.1) is 17.7 Å². The third kappa shape index (κ3) is 5.14. The second kappa shape index (κ2) is 9.25. The molecule has 0 bridgehead atoms. The van der Waals surface area contributed by atoms with Crippen LogP contribution >= 0.6 is 0 Å². The van der Waals surface area contributed by atoms with Gasteiger partial charge < -0.3 is 15.1 Å². The van der Waals surface area contributed by atoms with Crippen molar-refractivity contribution in [3.05, 3.63) is 54.0 Å². The van der Waals surface area contributed by atoms with E-state index < -0.39 is 10.0 Å². The van der Waals surface area contributed by atoms with Gasteiger partial charge in [0.15, 0.2) is 5.96 Å². The molecule has 1 aromatic carbocycles. The van der Waals surface area contributed by atoms with Gasteiger partial charge in [0, 0.05) is 26.7 Å². The second-order valence-corrected chi connectivity index (χ2v) is 9.05. The zero-order valence-electron chi connectivity index (χ0n) is 16.4. The molecule has 0 amide bonds. The van der Waals surface area contributed by atoms with Crippen LogP contribution in [0.1, 0.15) is 31.1 Å². The van der Waals surface area contributed by atoms with Gasteiger partial charge in [0.1, 0.15) is 5.76 Å². The Morgan fingerprint density at radius 1 is 1.21 bits per heavy atom. The van der Waals surface area contributed by atoms with Gasteiger partial charge in [-0.05, 0) is 48.6 Å². The molecule has 0 radical (unpaired) electrons. The normalized spacial score (nSPS) is 18.8. The van der Waals surface area contributed by atoms with Crippen LogP contribution in [0.5, 0.6) is 0 Å². The quantitative estimate of drug-likeness (QED) is 0.571. The van der Waals surface area contributed by atoms with Crippen LogP contribution in [-0.2, 0) is 23.1 Å². The molecule has 0 saturated carbocycles. The summed E-state index contributed by atoms with van der Waals surface area (Å²) in [4.78, 5) is 4.53. The van der Waals surface area contributed by atoms with Crippen LogP contribution in [-0.4, -0.2) is 38.8 Å². The van der Waals surface area contributed by atoms with Crippen molar-refractivity contribution in [3.8, 4) is 0 Å². The van der Waals surface area contributed by atoms with Crippen molar-refractivity contribution in [2.45, 2.75) is 37.8 Å². The zero-order valence-corrected chi connectivity index (χ0v) is 17.2. The fraction of sp³-hybridized carbons (Fsp3) is 0.450. The number of nitrogens with zero attached hydrogens (tertiary/aromatic N) is 2. The molecule has 2 N–H and O–H groups in total. The smallest absolute Gasteiger partial charge is 0.243 e. The summed E-state index contributed by atoms with van der Waals surface area (Å²) in [6.45, 7) is 4.39. The molecule has 7 nitrogen and oxygen atoms in total. The predicted molar refractivity (Wildman–Crippen MR) is 109 cm³/mol. The van der Waals surface area contributed by atoms with Crippen LogP contribution in [0.15, 0.2) is 57.0 Å². The summed E-state index contributed by atoms with van der Waals surface area (Å²) in [5.41, 5.74) is 0.979. The van der Waals surface area contributed by atoms with Crippen LogP contribution in [0, 0.1) is 5.92 Å². The summed E-state index contributed by atoms with van der Waals surface area (Å²) in [7, 11) is -1.71. The maximum atomic E-state index is 12.8. The first-order valence-corrected chi connectivity index (χ1v) is 11.0. The number of hydrogen-bond acceptors (Lipinski definition) is 4. The van der Waals surface area contributed by atoms with E-state index in [0.717, 1.165) is 24.2 Å². The Kier molecular flexibility index (Phi) is 6.74. The first-order chi connectivity index (χ1) is 13.5. The Hall–Kier alpha value is -2.32. The van der Waals surface area contributed by atoms with E-state index in [1.165, 1.54) is 0 Å². The highest BCUT2D eigenvalue weighted by Crippen LogP contribution is 2.23. The molecule has 3 rings (SSSR count). The highest BCUT2D eigenvalue weighted by Gasteiger charge is 2.28. The Labute approximate surface area is 166 Å². The molecule has 0 spiro atoms. The van der Waals surface area contributed by atoms with Crippen molar-refractivity contribution < 1.29 is 12.8 Å². The molecule has 2 heterocycles. The largest absolute Gasteiger partial charge is 0.467 e. The van der Waals surface area contributed by atoms with Gasteiger partial charge in [-0.3, -0.25) is 4.99 Å². The number of rotatable bonds is 6.